The van der Waals surface area contributed by atoms with Crippen LogP contribution in [-0.4, -0.2) is 24.9 Å². The molecular weight excluding hydrogens is 358 g/mol. The number of nitrogens with one attached hydrogen (secondary N) is 1. The Morgan fingerprint density at radius 3 is 2.41 bits per heavy atom. The zero-order chi connectivity index (χ0) is 20.0. The van der Waals surface area contributed by atoms with Gasteiger partial charge in [-0.3, -0.25) is 9.69 Å². The minimum Gasteiger partial charge on any atom is -0.378 e. The van der Waals surface area contributed by atoms with E-state index in [1.165, 1.54) is 6.42 Å². The molecule has 0 aromatic heterocycles. The molecule has 0 radical (unpaired) electrons. The van der Waals surface area contributed by atoms with Crippen LogP contribution in [0.5, 0.6) is 0 Å². The van der Waals surface area contributed by atoms with Gasteiger partial charge in [-0.05, 0) is 60.2 Å². The van der Waals surface area contributed by atoms with Gasteiger partial charge in [0, 0.05) is 31.2 Å². The summed E-state index contributed by atoms with van der Waals surface area (Å²) < 4.78 is 0. The van der Waals surface area contributed by atoms with E-state index in [1.807, 2.05) is 55.4 Å². The molecule has 2 aliphatic carbocycles. The maximum atomic E-state index is 13.4. The average molecular weight is 383 g/mol. The second kappa shape index (κ2) is 6.96. The van der Waals surface area contributed by atoms with Crippen molar-refractivity contribution in [3.63, 3.8) is 0 Å². The van der Waals surface area contributed by atoms with Crippen LogP contribution in [0, 0.1) is 11.8 Å². The molecule has 5 rings (SSSR count). The van der Waals surface area contributed by atoms with E-state index in [4.69, 9.17) is 0 Å². The van der Waals surface area contributed by atoms with Crippen molar-refractivity contribution < 1.29 is 4.79 Å². The molecule has 0 bridgehead atoms. The third-order valence-electron chi connectivity index (χ3n) is 5.92. The van der Waals surface area contributed by atoms with Gasteiger partial charge < -0.3 is 10.2 Å². The Morgan fingerprint density at radius 1 is 0.966 bits per heavy atom. The first-order chi connectivity index (χ1) is 14.1. The summed E-state index contributed by atoms with van der Waals surface area (Å²) in [4.78, 5) is 17.4. The Kier molecular flexibility index (Phi) is 4.27. The fraction of sp³-hybridized carbons (Fsp3) is 0.240. The first kappa shape index (κ1) is 17.8. The Morgan fingerprint density at radius 2 is 1.72 bits per heavy atom. The molecule has 3 unspecified atom stereocenters. The van der Waals surface area contributed by atoms with Crippen molar-refractivity contribution in [2.75, 3.05) is 24.3 Å². The van der Waals surface area contributed by atoms with E-state index in [-0.39, 0.29) is 11.9 Å². The van der Waals surface area contributed by atoms with Crippen LogP contribution in [-0.2, 0) is 4.79 Å². The zero-order valence-electron chi connectivity index (χ0n) is 16.7. The summed E-state index contributed by atoms with van der Waals surface area (Å²) in [6.07, 6.45) is 9.89. The highest BCUT2D eigenvalue weighted by atomic mass is 16.2. The normalized spacial score (nSPS) is 24.7. The first-order valence-electron chi connectivity index (χ1n) is 10.1. The molecule has 4 heteroatoms. The molecule has 146 valence electrons. The van der Waals surface area contributed by atoms with Crippen LogP contribution in [0.25, 0.3) is 0 Å². The largest absolute Gasteiger partial charge is 0.378 e. The van der Waals surface area contributed by atoms with Gasteiger partial charge in [0.25, 0.3) is 5.91 Å². The SMILES string of the molecule is CN(C)c1ccc(C2C=C(Nc3ccccc3)C(=O)N2C2=CC3CC3C=C2)cc1. The lowest BCUT2D eigenvalue weighted by molar-refractivity contribution is -0.124. The number of carbonyl (C=O) groups excluding carboxylic acids is 1. The van der Waals surface area contributed by atoms with Crippen LogP contribution in [0.4, 0.5) is 11.4 Å². The number of allylic oxidation sites excluding steroid dienone is 3. The molecule has 29 heavy (non-hydrogen) atoms. The van der Waals surface area contributed by atoms with E-state index in [9.17, 15) is 4.79 Å². The van der Waals surface area contributed by atoms with Gasteiger partial charge in [-0.25, -0.2) is 0 Å². The summed E-state index contributed by atoms with van der Waals surface area (Å²) in [5.74, 6) is 1.28. The summed E-state index contributed by atoms with van der Waals surface area (Å²) in [6.45, 7) is 0. The van der Waals surface area contributed by atoms with Crippen molar-refractivity contribution >= 4 is 17.3 Å². The molecular formula is C25H25N3O. The molecule has 3 atom stereocenters. The van der Waals surface area contributed by atoms with E-state index in [0.29, 0.717) is 17.5 Å². The number of amides is 1. The monoisotopic (exact) mass is 383 g/mol. The second-order valence-electron chi connectivity index (χ2n) is 8.19. The second-order valence-corrected chi connectivity index (χ2v) is 8.19. The molecule has 1 amide bonds. The third kappa shape index (κ3) is 3.35. The summed E-state index contributed by atoms with van der Waals surface area (Å²) in [6, 6.07) is 18.2. The fourth-order valence-corrected chi connectivity index (χ4v) is 4.13. The first-order valence-corrected chi connectivity index (χ1v) is 10.1. The topological polar surface area (TPSA) is 35.6 Å². The predicted octanol–water partition coefficient (Wildman–Crippen LogP) is 4.72. The van der Waals surface area contributed by atoms with Gasteiger partial charge in [-0.1, -0.05) is 42.5 Å². The Hall–Kier alpha value is -3.27. The molecule has 0 spiro atoms. The highest BCUT2D eigenvalue weighted by molar-refractivity contribution is 6.00. The van der Waals surface area contributed by atoms with Crippen molar-refractivity contribution in [1.82, 2.24) is 4.90 Å². The highest BCUT2D eigenvalue weighted by Crippen LogP contribution is 2.46. The van der Waals surface area contributed by atoms with Crippen molar-refractivity contribution in [1.29, 1.82) is 0 Å². The lowest BCUT2D eigenvalue weighted by Crippen LogP contribution is -2.30. The maximum absolute atomic E-state index is 13.4. The number of anilines is 2. The summed E-state index contributed by atoms with van der Waals surface area (Å²) in [5.41, 5.74) is 4.82. The Bertz CT molecular complexity index is 1020. The molecule has 1 aliphatic heterocycles. The van der Waals surface area contributed by atoms with E-state index >= 15 is 0 Å². The number of nitrogens with zero attached hydrogens (tertiary/aromatic N) is 2. The predicted molar refractivity (Wildman–Crippen MR) is 117 cm³/mol. The quantitative estimate of drug-likeness (QED) is 0.811. The van der Waals surface area contributed by atoms with Crippen molar-refractivity contribution in [2.24, 2.45) is 11.8 Å². The Balaban J connectivity index is 1.50. The van der Waals surface area contributed by atoms with Crippen LogP contribution >= 0.6 is 0 Å². The van der Waals surface area contributed by atoms with Gasteiger partial charge in [-0.15, -0.1) is 0 Å². The fourth-order valence-electron chi connectivity index (χ4n) is 4.13. The van der Waals surface area contributed by atoms with Crippen LogP contribution < -0.4 is 10.2 Å². The molecule has 1 saturated carbocycles. The maximum Gasteiger partial charge on any atom is 0.275 e. The van der Waals surface area contributed by atoms with Gasteiger partial charge in [0.1, 0.15) is 5.70 Å². The number of hydrogen-bond donors (Lipinski definition) is 1. The molecule has 1 fully saturated rings. The molecule has 4 nitrogen and oxygen atoms in total. The lowest BCUT2D eigenvalue weighted by Gasteiger charge is -2.27. The number of carbonyl (C=O) groups is 1. The van der Waals surface area contributed by atoms with E-state index in [2.05, 4.69) is 52.7 Å². The molecule has 2 aromatic carbocycles. The van der Waals surface area contributed by atoms with Crippen molar-refractivity contribution in [3.8, 4) is 0 Å². The molecule has 0 saturated heterocycles. The van der Waals surface area contributed by atoms with Crippen LogP contribution in [0.3, 0.4) is 0 Å². The summed E-state index contributed by atoms with van der Waals surface area (Å²) in [5, 5.41) is 3.32. The number of para-hydroxylation sites is 1. The van der Waals surface area contributed by atoms with Gasteiger partial charge >= 0.3 is 0 Å². The van der Waals surface area contributed by atoms with Crippen molar-refractivity contribution in [3.05, 3.63) is 95.9 Å². The molecule has 1 heterocycles. The van der Waals surface area contributed by atoms with Gasteiger partial charge in [0.15, 0.2) is 0 Å². The highest BCUT2D eigenvalue weighted by Gasteiger charge is 2.40. The van der Waals surface area contributed by atoms with E-state index in [0.717, 1.165) is 22.6 Å². The summed E-state index contributed by atoms with van der Waals surface area (Å²) in [7, 11) is 4.07. The molecule has 1 N–H and O–H groups in total. The van der Waals surface area contributed by atoms with Gasteiger partial charge in [-0.2, -0.15) is 0 Å². The van der Waals surface area contributed by atoms with E-state index in [1.54, 1.807) is 0 Å². The van der Waals surface area contributed by atoms with Crippen LogP contribution in [0.2, 0.25) is 0 Å². The minimum absolute atomic E-state index is 0.0190. The molecule has 2 aromatic rings. The van der Waals surface area contributed by atoms with Crippen LogP contribution in [0.15, 0.2) is 90.3 Å². The number of hydrogen-bond acceptors (Lipinski definition) is 3. The number of rotatable bonds is 5. The molecule has 3 aliphatic rings. The van der Waals surface area contributed by atoms with Crippen LogP contribution in [0.1, 0.15) is 18.0 Å². The van der Waals surface area contributed by atoms with Gasteiger partial charge in [0.05, 0.1) is 6.04 Å². The Labute approximate surface area is 171 Å². The minimum atomic E-state index is -0.115. The summed E-state index contributed by atoms with van der Waals surface area (Å²) >= 11 is 0. The average Bonchev–Trinajstić information content (AvgIpc) is 3.45. The smallest absolute Gasteiger partial charge is 0.275 e. The standard InChI is InChI=1S/C25H25N3O/c1-27(2)21-11-8-17(9-12-21)24-16-23(26-20-6-4-3-5-7-20)25(29)28(24)22-13-10-18-14-19(18)15-22/h3-13,15-16,18-19,24,26H,14H2,1-2H3. The zero-order valence-corrected chi connectivity index (χ0v) is 16.7. The number of fused-ring (bicyclic) bond motifs is 1. The van der Waals surface area contributed by atoms with E-state index < -0.39 is 0 Å². The third-order valence-corrected chi connectivity index (χ3v) is 5.92. The van der Waals surface area contributed by atoms with Crippen molar-refractivity contribution in [2.45, 2.75) is 12.5 Å². The lowest BCUT2D eigenvalue weighted by atomic mass is 10.0. The van der Waals surface area contributed by atoms with Gasteiger partial charge in [0.2, 0.25) is 0 Å². The number of benzene rings is 2.